The second-order valence-electron chi connectivity index (χ2n) is 5.62. The number of anilines is 1. The molecule has 0 aliphatic heterocycles. The number of nitrogens with zero attached hydrogens (tertiary/aromatic N) is 1. The van der Waals surface area contributed by atoms with Crippen molar-refractivity contribution in [3.8, 4) is 0 Å². The van der Waals surface area contributed by atoms with Crippen molar-refractivity contribution >= 4 is 16.7 Å². The number of hydrogen-bond donors (Lipinski definition) is 1. The Balaban J connectivity index is 2.76. The van der Waals surface area contributed by atoms with E-state index in [4.69, 9.17) is 0 Å². The Kier molecular flexibility index (Phi) is 3.43. The van der Waals surface area contributed by atoms with Gasteiger partial charge in [-0.05, 0) is 18.4 Å². The van der Waals surface area contributed by atoms with Crippen LogP contribution < -0.4 is 5.32 Å². The van der Waals surface area contributed by atoms with Crippen molar-refractivity contribution in [3.05, 3.63) is 35.4 Å². The highest BCUT2D eigenvalue weighted by atomic mass is 19.1. The number of aromatic nitrogens is 1. The lowest BCUT2D eigenvalue weighted by Crippen LogP contribution is -2.16. The second-order valence-corrected chi connectivity index (χ2v) is 5.62. The molecule has 1 aromatic carbocycles. The van der Waals surface area contributed by atoms with E-state index >= 15 is 0 Å². The lowest BCUT2D eigenvalue weighted by molar-refractivity contribution is 0.584. The molecule has 0 bridgehead atoms. The summed E-state index contributed by atoms with van der Waals surface area (Å²) in [6, 6.07) is 3.91. The van der Waals surface area contributed by atoms with Crippen LogP contribution in [-0.2, 0) is 5.41 Å². The largest absolute Gasteiger partial charge is 0.370 e. The zero-order chi connectivity index (χ0) is 14.2. The van der Waals surface area contributed by atoms with Crippen molar-refractivity contribution in [2.75, 3.05) is 11.9 Å². The van der Waals surface area contributed by atoms with Crippen molar-refractivity contribution in [1.82, 2.24) is 4.98 Å². The summed E-state index contributed by atoms with van der Waals surface area (Å²) >= 11 is 0. The Morgan fingerprint density at radius 3 is 2.42 bits per heavy atom. The molecule has 0 fully saturated rings. The molecule has 4 heteroatoms. The monoisotopic (exact) mass is 264 g/mol. The van der Waals surface area contributed by atoms with Gasteiger partial charge >= 0.3 is 0 Å². The van der Waals surface area contributed by atoms with Gasteiger partial charge in [-0.15, -0.1) is 0 Å². The molecular weight excluding hydrogens is 246 g/mol. The van der Waals surface area contributed by atoms with Crippen molar-refractivity contribution < 1.29 is 8.78 Å². The van der Waals surface area contributed by atoms with Crippen LogP contribution in [0.2, 0.25) is 0 Å². The molecule has 2 aromatic rings. The zero-order valence-corrected chi connectivity index (χ0v) is 11.6. The highest BCUT2D eigenvalue weighted by Crippen LogP contribution is 2.32. The van der Waals surface area contributed by atoms with E-state index in [0.29, 0.717) is 23.3 Å². The maximum absolute atomic E-state index is 13.8. The molecule has 0 amide bonds. The van der Waals surface area contributed by atoms with Gasteiger partial charge < -0.3 is 5.32 Å². The summed E-state index contributed by atoms with van der Waals surface area (Å²) in [5.74, 6) is -0.494. The first-order chi connectivity index (χ1) is 8.82. The van der Waals surface area contributed by atoms with E-state index in [9.17, 15) is 8.78 Å². The molecule has 0 saturated heterocycles. The van der Waals surface area contributed by atoms with Crippen LogP contribution >= 0.6 is 0 Å². The minimum absolute atomic E-state index is 0.167. The van der Waals surface area contributed by atoms with Crippen molar-refractivity contribution in [1.29, 1.82) is 0 Å². The fourth-order valence-corrected chi connectivity index (χ4v) is 2.07. The highest BCUT2D eigenvalue weighted by molar-refractivity contribution is 5.83. The predicted molar refractivity (Wildman–Crippen MR) is 74.5 cm³/mol. The molecule has 0 aliphatic rings. The maximum Gasteiger partial charge on any atom is 0.135 e. The average Bonchev–Trinajstić information content (AvgIpc) is 2.26. The number of hydrogen-bond acceptors (Lipinski definition) is 2. The van der Waals surface area contributed by atoms with Gasteiger partial charge in [0, 0.05) is 29.6 Å². The second kappa shape index (κ2) is 4.76. The first-order valence-corrected chi connectivity index (χ1v) is 6.37. The molecule has 19 heavy (non-hydrogen) atoms. The van der Waals surface area contributed by atoms with E-state index < -0.39 is 11.6 Å². The molecule has 1 N–H and O–H groups in total. The summed E-state index contributed by atoms with van der Waals surface area (Å²) in [6.45, 7) is 8.79. The third-order valence-corrected chi connectivity index (χ3v) is 3.00. The summed E-state index contributed by atoms with van der Waals surface area (Å²) in [7, 11) is 0. The first-order valence-electron chi connectivity index (χ1n) is 6.37. The summed E-state index contributed by atoms with van der Waals surface area (Å²) < 4.78 is 27.1. The minimum atomic E-state index is -0.608. The van der Waals surface area contributed by atoms with E-state index in [1.807, 2.05) is 27.7 Å². The summed E-state index contributed by atoms with van der Waals surface area (Å²) in [6.07, 6.45) is 0. The van der Waals surface area contributed by atoms with E-state index in [2.05, 4.69) is 10.3 Å². The zero-order valence-electron chi connectivity index (χ0n) is 11.6. The van der Waals surface area contributed by atoms with Crippen LogP contribution in [0.15, 0.2) is 18.2 Å². The van der Waals surface area contributed by atoms with E-state index in [-0.39, 0.29) is 5.41 Å². The smallest absolute Gasteiger partial charge is 0.135 e. The van der Waals surface area contributed by atoms with Gasteiger partial charge in [-0.25, -0.2) is 13.8 Å². The maximum atomic E-state index is 13.8. The van der Waals surface area contributed by atoms with Gasteiger partial charge in [0.05, 0.1) is 5.52 Å². The van der Waals surface area contributed by atoms with Gasteiger partial charge in [0.2, 0.25) is 0 Å². The summed E-state index contributed by atoms with van der Waals surface area (Å²) in [5.41, 5.74) is 1.09. The summed E-state index contributed by atoms with van der Waals surface area (Å²) in [5, 5.41) is 3.51. The number of nitrogens with one attached hydrogen (secondary N) is 1. The van der Waals surface area contributed by atoms with Gasteiger partial charge in [-0.2, -0.15) is 0 Å². The topological polar surface area (TPSA) is 24.9 Å². The van der Waals surface area contributed by atoms with Crippen LogP contribution in [0.5, 0.6) is 0 Å². The third kappa shape index (κ3) is 2.67. The van der Waals surface area contributed by atoms with Crippen molar-refractivity contribution in [2.45, 2.75) is 33.1 Å². The van der Waals surface area contributed by atoms with E-state index in [0.717, 1.165) is 11.6 Å². The lowest BCUT2D eigenvalue weighted by atomic mass is 9.86. The highest BCUT2D eigenvalue weighted by Gasteiger charge is 2.21. The van der Waals surface area contributed by atoms with Crippen molar-refractivity contribution in [2.24, 2.45) is 0 Å². The standard InChI is InChI=1S/C15H18F2N2/c1-5-18-14-11(15(2,3)4)8-10-12(17)6-9(16)7-13(10)19-14/h6-8H,5H2,1-4H3,(H,18,19). The molecule has 2 rings (SSSR count). The lowest BCUT2D eigenvalue weighted by Gasteiger charge is -2.23. The molecule has 102 valence electrons. The Labute approximate surface area is 111 Å². The predicted octanol–water partition coefficient (Wildman–Crippen LogP) is 4.24. The van der Waals surface area contributed by atoms with Gasteiger partial charge in [0.15, 0.2) is 0 Å². The van der Waals surface area contributed by atoms with Crippen LogP contribution in [0.1, 0.15) is 33.3 Å². The number of rotatable bonds is 2. The van der Waals surface area contributed by atoms with Gasteiger partial charge in [0.25, 0.3) is 0 Å². The van der Waals surface area contributed by atoms with Gasteiger partial charge in [-0.3, -0.25) is 0 Å². The molecular formula is C15H18F2N2. The first kappa shape index (κ1) is 13.7. The molecule has 0 radical (unpaired) electrons. The molecule has 0 saturated carbocycles. The Morgan fingerprint density at radius 1 is 1.16 bits per heavy atom. The van der Waals surface area contributed by atoms with Crippen LogP contribution in [0.3, 0.4) is 0 Å². The average molecular weight is 264 g/mol. The van der Waals surface area contributed by atoms with Gasteiger partial charge in [0.1, 0.15) is 17.5 Å². The Hall–Kier alpha value is -1.71. The van der Waals surface area contributed by atoms with Crippen LogP contribution in [0.25, 0.3) is 10.9 Å². The number of fused-ring (bicyclic) bond motifs is 1. The molecule has 1 heterocycles. The number of halogens is 2. The van der Waals surface area contributed by atoms with Crippen LogP contribution in [-0.4, -0.2) is 11.5 Å². The van der Waals surface area contributed by atoms with Gasteiger partial charge in [-0.1, -0.05) is 20.8 Å². The molecule has 0 spiro atoms. The number of pyridine rings is 1. The SMILES string of the molecule is CCNc1nc2cc(F)cc(F)c2cc1C(C)(C)C. The quantitative estimate of drug-likeness (QED) is 0.877. The molecule has 2 nitrogen and oxygen atoms in total. The molecule has 0 aliphatic carbocycles. The third-order valence-electron chi connectivity index (χ3n) is 3.00. The minimum Gasteiger partial charge on any atom is -0.370 e. The molecule has 1 aromatic heterocycles. The number of benzene rings is 1. The summed E-state index contributed by atoms with van der Waals surface area (Å²) in [4.78, 5) is 4.36. The van der Waals surface area contributed by atoms with Crippen LogP contribution in [0, 0.1) is 11.6 Å². The normalized spacial score (nSPS) is 11.9. The Morgan fingerprint density at radius 2 is 1.84 bits per heavy atom. The van der Waals surface area contributed by atoms with Crippen molar-refractivity contribution in [3.63, 3.8) is 0 Å². The van der Waals surface area contributed by atoms with E-state index in [1.54, 1.807) is 6.07 Å². The fourth-order valence-electron chi connectivity index (χ4n) is 2.07. The Bertz CT molecular complexity index is 616. The van der Waals surface area contributed by atoms with E-state index in [1.165, 1.54) is 6.07 Å². The fraction of sp³-hybridized carbons (Fsp3) is 0.400. The molecule has 0 unspecified atom stereocenters. The van der Waals surface area contributed by atoms with Crippen LogP contribution in [0.4, 0.5) is 14.6 Å². The molecule has 0 atom stereocenters.